The molecule has 1 aromatic carbocycles. The summed E-state index contributed by atoms with van der Waals surface area (Å²) < 4.78 is 6.78. The van der Waals surface area contributed by atoms with E-state index in [4.69, 9.17) is 4.74 Å². The first-order chi connectivity index (χ1) is 11.8. The molecular weight excluding hydrogens is 380 g/mol. The van der Waals surface area contributed by atoms with E-state index < -0.39 is 5.60 Å². The number of rotatable bonds is 0. The Labute approximate surface area is 158 Å². The summed E-state index contributed by atoms with van der Waals surface area (Å²) >= 11 is 3.70. The zero-order valence-corrected chi connectivity index (χ0v) is 16.9. The first-order valence-electron chi connectivity index (χ1n) is 9.37. The van der Waals surface area contributed by atoms with E-state index in [1.807, 2.05) is 25.7 Å². The summed E-state index contributed by atoms with van der Waals surface area (Å²) in [7, 11) is 0. The second-order valence-electron chi connectivity index (χ2n) is 8.63. The molecule has 1 saturated heterocycles. The Morgan fingerprint density at radius 2 is 2.04 bits per heavy atom. The molecule has 0 spiro atoms. The minimum Gasteiger partial charge on any atom is -0.444 e. The minimum atomic E-state index is -0.438. The third-order valence-electron chi connectivity index (χ3n) is 5.64. The maximum Gasteiger partial charge on any atom is 0.410 e. The van der Waals surface area contributed by atoms with Gasteiger partial charge >= 0.3 is 6.09 Å². The third-order valence-corrected chi connectivity index (χ3v) is 6.09. The lowest BCUT2D eigenvalue weighted by Gasteiger charge is -2.48. The lowest BCUT2D eigenvalue weighted by molar-refractivity contribution is 0.0155. The Bertz CT molecular complexity index is 698. The molecule has 136 valence electrons. The van der Waals surface area contributed by atoms with E-state index in [0.717, 1.165) is 36.9 Å². The highest BCUT2D eigenvalue weighted by Crippen LogP contribution is 2.47. The van der Waals surface area contributed by atoms with Crippen LogP contribution >= 0.6 is 15.9 Å². The van der Waals surface area contributed by atoms with E-state index in [1.165, 1.54) is 29.8 Å². The topological polar surface area (TPSA) is 32.8 Å². The van der Waals surface area contributed by atoms with Crippen LogP contribution in [0.5, 0.6) is 0 Å². The predicted molar refractivity (Wildman–Crippen MR) is 103 cm³/mol. The van der Waals surface area contributed by atoms with E-state index in [0.29, 0.717) is 11.8 Å². The molecule has 0 bridgehead atoms. The Kier molecular flexibility index (Phi) is 4.25. The van der Waals surface area contributed by atoms with Crippen molar-refractivity contribution in [1.29, 1.82) is 0 Å². The molecule has 0 radical (unpaired) electrons. The Hall–Kier alpha value is -1.23. The predicted octanol–water partition coefficient (Wildman–Crippen LogP) is 4.56. The van der Waals surface area contributed by atoms with Gasteiger partial charge in [-0.2, -0.15) is 0 Å². The van der Waals surface area contributed by atoms with Crippen molar-refractivity contribution >= 4 is 27.7 Å². The molecule has 0 saturated carbocycles. The number of aryl methyl sites for hydroxylation is 1. The molecule has 0 aromatic heterocycles. The van der Waals surface area contributed by atoms with Gasteiger partial charge in [-0.15, -0.1) is 0 Å². The number of amides is 1. The SMILES string of the molecule is CC(C)(C)OC(=O)N1CCC2CN3CCCc4cc(Br)cc(c43)C2C1. The first kappa shape index (κ1) is 17.2. The van der Waals surface area contributed by atoms with Gasteiger partial charge in [0.05, 0.1) is 0 Å². The van der Waals surface area contributed by atoms with Crippen LogP contribution in [0.4, 0.5) is 10.5 Å². The quantitative estimate of drug-likeness (QED) is 0.632. The third kappa shape index (κ3) is 3.27. The van der Waals surface area contributed by atoms with Gasteiger partial charge in [0.1, 0.15) is 5.60 Å². The molecular formula is C20H27BrN2O2. The second-order valence-corrected chi connectivity index (χ2v) is 9.55. The summed E-state index contributed by atoms with van der Waals surface area (Å²) in [6.07, 6.45) is 3.29. The number of hydrogen-bond donors (Lipinski definition) is 0. The Balaban J connectivity index is 1.63. The van der Waals surface area contributed by atoms with Gasteiger partial charge in [0, 0.05) is 42.3 Å². The number of halogens is 1. The van der Waals surface area contributed by atoms with Crippen molar-refractivity contribution in [3.8, 4) is 0 Å². The van der Waals surface area contributed by atoms with Crippen molar-refractivity contribution in [3.05, 3.63) is 27.7 Å². The smallest absolute Gasteiger partial charge is 0.410 e. The number of carbonyl (C=O) groups excluding carboxylic acids is 1. The van der Waals surface area contributed by atoms with Gasteiger partial charge < -0.3 is 14.5 Å². The number of ether oxygens (including phenoxy) is 1. The van der Waals surface area contributed by atoms with Crippen LogP contribution in [0.2, 0.25) is 0 Å². The molecule has 0 N–H and O–H groups in total. The van der Waals surface area contributed by atoms with Crippen LogP contribution in [0.1, 0.15) is 50.7 Å². The fourth-order valence-electron chi connectivity index (χ4n) is 4.64. The summed E-state index contributed by atoms with van der Waals surface area (Å²) in [5, 5.41) is 0. The number of carbonyl (C=O) groups is 1. The first-order valence-corrected chi connectivity index (χ1v) is 10.2. The summed E-state index contributed by atoms with van der Waals surface area (Å²) in [4.78, 5) is 17.1. The minimum absolute atomic E-state index is 0.169. The monoisotopic (exact) mass is 406 g/mol. The van der Waals surface area contributed by atoms with Crippen LogP contribution in [0.15, 0.2) is 16.6 Å². The number of hydrogen-bond acceptors (Lipinski definition) is 3. The van der Waals surface area contributed by atoms with Gasteiger partial charge in [-0.25, -0.2) is 4.79 Å². The zero-order valence-electron chi connectivity index (χ0n) is 15.3. The molecule has 2 unspecified atom stereocenters. The van der Waals surface area contributed by atoms with Gasteiger partial charge in [0.25, 0.3) is 0 Å². The second kappa shape index (κ2) is 6.19. The molecule has 1 amide bonds. The molecule has 4 nitrogen and oxygen atoms in total. The fraction of sp³-hybridized carbons (Fsp3) is 0.650. The zero-order chi connectivity index (χ0) is 17.8. The molecule has 3 aliphatic heterocycles. The Morgan fingerprint density at radius 3 is 2.80 bits per heavy atom. The van der Waals surface area contributed by atoms with Crippen LogP contribution in [0, 0.1) is 5.92 Å². The average molecular weight is 407 g/mol. The van der Waals surface area contributed by atoms with Gasteiger partial charge in [0.15, 0.2) is 0 Å². The lowest BCUT2D eigenvalue weighted by Crippen LogP contribution is -2.50. The van der Waals surface area contributed by atoms with Gasteiger partial charge in [-0.1, -0.05) is 15.9 Å². The number of likely N-dealkylation sites (tertiary alicyclic amines) is 1. The van der Waals surface area contributed by atoms with E-state index >= 15 is 0 Å². The van der Waals surface area contributed by atoms with Gasteiger partial charge in [-0.05, 0) is 69.2 Å². The highest BCUT2D eigenvalue weighted by atomic mass is 79.9. The van der Waals surface area contributed by atoms with Gasteiger partial charge in [-0.3, -0.25) is 0 Å². The fourth-order valence-corrected chi connectivity index (χ4v) is 5.16. The molecule has 3 heterocycles. The van der Waals surface area contributed by atoms with Crippen LogP contribution in [0.25, 0.3) is 0 Å². The van der Waals surface area contributed by atoms with Gasteiger partial charge in [0.2, 0.25) is 0 Å². The lowest BCUT2D eigenvalue weighted by atomic mass is 9.75. The molecule has 4 rings (SSSR count). The highest BCUT2D eigenvalue weighted by Gasteiger charge is 2.41. The number of nitrogens with zero attached hydrogens (tertiary/aromatic N) is 2. The molecule has 1 fully saturated rings. The van der Waals surface area contributed by atoms with Crippen molar-refractivity contribution in [3.63, 3.8) is 0 Å². The summed E-state index contributed by atoms with van der Waals surface area (Å²) in [6, 6.07) is 4.56. The molecule has 5 heteroatoms. The molecule has 25 heavy (non-hydrogen) atoms. The van der Waals surface area contributed by atoms with E-state index in [2.05, 4.69) is 33.0 Å². The van der Waals surface area contributed by atoms with Crippen molar-refractivity contribution in [2.45, 2.75) is 51.6 Å². The Morgan fingerprint density at radius 1 is 1.24 bits per heavy atom. The molecule has 1 aromatic rings. The molecule has 3 aliphatic rings. The number of benzene rings is 1. The maximum atomic E-state index is 12.5. The number of anilines is 1. The van der Waals surface area contributed by atoms with E-state index in [-0.39, 0.29) is 6.09 Å². The van der Waals surface area contributed by atoms with Crippen molar-refractivity contribution in [2.75, 3.05) is 31.1 Å². The van der Waals surface area contributed by atoms with Crippen molar-refractivity contribution < 1.29 is 9.53 Å². The average Bonchev–Trinajstić information content (AvgIpc) is 2.53. The largest absolute Gasteiger partial charge is 0.444 e. The standard InChI is InChI=1S/C20H27BrN2O2/c1-20(2,3)25-19(24)23-8-6-14-11-22-7-4-5-13-9-15(21)10-16(18(13)22)17(14)12-23/h9-10,14,17H,4-8,11-12H2,1-3H3. The summed E-state index contributed by atoms with van der Waals surface area (Å²) in [6.45, 7) is 9.67. The van der Waals surface area contributed by atoms with Crippen molar-refractivity contribution in [2.24, 2.45) is 5.92 Å². The summed E-state index contributed by atoms with van der Waals surface area (Å²) in [5.41, 5.74) is 3.89. The molecule has 0 aliphatic carbocycles. The van der Waals surface area contributed by atoms with E-state index in [9.17, 15) is 4.79 Å². The van der Waals surface area contributed by atoms with Crippen LogP contribution in [-0.2, 0) is 11.2 Å². The number of fused-ring (bicyclic) bond motifs is 2. The van der Waals surface area contributed by atoms with Crippen LogP contribution in [0.3, 0.4) is 0 Å². The summed E-state index contributed by atoms with van der Waals surface area (Å²) in [5.74, 6) is 1.05. The van der Waals surface area contributed by atoms with Crippen molar-refractivity contribution in [1.82, 2.24) is 4.90 Å². The van der Waals surface area contributed by atoms with E-state index in [1.54, 1.807) is 0 Å². The highest BCUT2D eigenvalue weighted by molar-refractivity contribution is 9.10. The molecule has 2 atom stereocenters. The van der Waals surface area contributed by atoms with Crippen LogP contribution < -0.4 is 4.90 Å². The normalized spacial score (nSPS) is 25.3. The maximum absolute atomic E-state index is 12.5. The number of piperidine rings is 1. The van der Waals surface area contributed by atoms with Crippen LogP contribution in [-0.4, -0.2) is 42.8 Å².